The van der Waals surface area contributed by atoms with Crippen molar-refractivity contribution >= 4 is 11.7 Å². The fraction of sp³-hybridized carbons (Fsp3) is 0.667. The molecule has 114 valence electrons. The first-order valence-corrected chi connectivity index (χ1v) is 7.54. The Morgan fingerprint density at radius 3 is 2.81 bits per heavy atom. The van der Waals surface area contributed by atoms with E-state index in [0.29, 0.717) is 17.4 Å². The summed E-state index contributed by atoms with van der Waals surface area (Å²) in [5, 5.41) is 12.7. The van der Waals surface area contributed by atoms with Gasteiger partial charge in [0.1, 0.15) is 5.82 Å². The molecule has 0 aromatic carbocycles. The highest BCUT2D eigenvalue weighted by Crippen LogP contribution is 2.39. The molecule has 21 heavy (non-hydrogen) atoms. The second kappa shape index (κ2) is 5.60. The Hall–Kier alpha value is -1.69. The first-order chi connectivity index (χ1) is 10.1. The van der Waals surface area contributed by atoms with Crippen LogP contribution in [0.2, 0.25) is 0 Å². The summed E-state index contributed by atoms with van der Waals surface area (Å²) >= 11 is 0. The summed E-state index contributed by atoms with van der Waals surface area (Å²) < 4.78 is 5.77. The Kier molecular flexibility index (Phi) is 3.80. The quantitative estimate of drug-likeness (QED) is 0.865. The highest BCUT2D eigenvalue weighted by atomic mass is 16.5. The van der Waals surface area contributed by atoms with Crippen LogP contribution in [0.15, 0.2) is 6.20 Å². The van der Waals surface area contributed by atoms with Gasteiger partial charge in [-0.25, -0.2) is 14.8 Å². The van der Waals surface area contributed by atoms with E-state index in [2.05, 4.69) is 15.3 Å². The van der Waals surface area contributed by atoms with Crippen molar-refractivity contribution < 1.29 is 14.6 Å². The van der Waals surface area contributed by atoms with Crippen LogP contribution in [0.1, 0.15) is 55.3 Å². The predicted octanol–water partition coefficient (Wildman–Crippen LogP) is 2.28. The van der Waals surface area contributed by atoms with Crippen LogP contribution in [0, 0.1) is 5.92 Å². The predicted molar refractivity (Wildman–Crippen MR) is 77.6 cm³/mol. The highest BCUT2D eigenvalue weighted by Gasteiger charge is 2.41. The smallest absolute Gasteiger partial charge is 0.356 e. The van der Waals surface area contributed by atoms with Gasteiger partial charge >= 0.3 is 5.97 Å². The number of carboxylic acid groups (broad SMARTS) is 1. The molecule has 2 aliphatic rings. The summed E-state index contributed by atoms with van der Waals surface area (Å²) in [6.45, 7) is 4.62. The average molecular weight is 291 g/mol. The number of hydrogen-bond donors (Lipinski definition) is 2. The Labute approximate surface area is 123 Å². The van der Waals surface area contributed by atoms with Gasteiger partial charge in [-0.15, -0.1) is 0 Å². The van der Waals surface area contributed by atoms with E-state index in [1.807, 2.05) is 13.8 Å². The molecule has 0 radical (unpaired) electrons. The summed E-state index contributed by atoms with van der Waals surface area (Å²) in [5.74, 6) is 0.253. The lowest BCUT2D eigenvalue weighted by molar-refractivity contribution is 0.0690. The van der Waals surface area contributed by atoms with E-state index >= 15 is 0 Å². The molecule has 2 N–H and O–H groups in total. The molecule has 2 heterocycles. The SMILES string of the molecule is CC(C)c1ncc(NC2CCOC2C2CC2)c(C(=O)O)n1. The van der Waals surface area contributed by atoms with Gasteiger partial charge in [-0.2, -0.15) is 0 Å². The van der Waals surface area contributed by atoms with E-state index in [1.165, 1.54) is 12.8 Å². The molecule has 1 aromatic heterocycles. The zero-order valence-electron chi connectivity index (χ0n) is 12.4. The number of aromatic carboxylic acids is 1. The van der Waals surface area contributed by atoms with Crippen LogP contribution in [-0.2, 0) is 4.74 Å². The second-order valence-electron chi connectivity index (χ2n) is 6.16. The summed E-state index contributed by atoms with van der Waals surface area (Å²) in [6.07, 6.45) is 5.09. The number of carbonyl (C=O) groups is 1. The first-order valence-electron chi connectivity index (χ1n) is 7.54. The van der Waals surface area contributed by atoms with Gasteiger partial charge in [0, 0.05) is 12.5 Å². The molecule has 6 heteroatoms. The van der Waals surface area contributed by atoms with Crippen molar-refractivity contribution in [1.82, 2.24) is 9.97 Å². The molecule has 3 rings (SSSR count). The van der Waals surface area contributed by atoms with Crippen molar-refractivity contribution in [2.75, 3.05) is 11.9 Å². The standard InChI is InChI=1S/C15H21N3O3/c1-8(2)14-16-7-11(12(18-14)15(19)20)17-10-5-6-21-13(10)9-3-4-9/h7-10,13,17H,3-6H2,1-2H3,(H,19,20). The van der Waals surface area contributed by atoms with Crippen molar-refractivity contribution in [3.8, 4) is 0 Å². The maximum Gasteiger partial charge on any atom is 0.356 e. The summed E-state index contributed by atoms with van der Waals surface area (Å²) in [5.41, 5.74) is 0.545. The number of anilines is 1. The lowest BCUT2D eigenvalue weighted by atomic mass is 10.1. The van der Waals surface area contributed by atoms with Crippen LogP contribution < -0.4 is 5.32 Å². The number of ether oxygens (including phenoxy) is 1. The Morgan fingerprint density at radius 1 is 1.43 bits per heavy atom. The monoisotopic (exact) mass is 291 g/mol. The average Bonchev–Trinajstić information content (AvgIpc) is 3.19. The minimum atomic E-state index is -1.02. The maximum absolute atomic E-state index is 11.4. The van der Waals surface area contributed by atoms with Crippen LogP contribution >= 0.6 is 0 Å². The van der Waals surface area contributed by atoms with E-state index in [9.17, 15) is 9.90 Å². The van der Waals surface area contributed by atoms with Crippen LogP contribution in [0.4, 0.5) is 5.69 Å². The van der Waals surface area contributed by atoms with Crippen LogP contribution in [0.3, 0.4) is 0 Å². The molecule has 0 bridgehead atoms. The molecule has 2 fully saturated rings. The van der Waals surface area contributed by atoms with Gasteiger partial charge in [0.15, 0.2) is 5.69 Å². The molecule has 1 aliphatic carbocycles. The first kappa shape index (κ1) is 14.3. The normalized spacial score (nSPS) is 25.3. The third kappa shape index (κ3) is 3.00. The minimum Gasteiger partial charge on any atom is -0.476 e. The number of carboxylic acids is 1. The summed E-state index contributed by atoms with van der Waals surface area (Å²) in [4.78, 5) is 19.9. The molecule has 2 atom stereocenters. The van der Waals surface area contributed by atoms with Crippen LogP contribution in [-0.4, -0.2) is 39.8 Å². The minimum absolute atomic E-state index is 0.0511. The Bertz CT molecular complexity index is 543. The van der Waals surface area contributed by atoms with Gasteiger partial charge in [-0.3, -0.25) is 0 Å². The lowest BCUT2D eigenvalue weighted by Crippen LogP contribution is -2.32. The Morgan fingerprint density at radius 2 is 2.19 bits per heavy atom. The number of hydrogen-bond acceptors (Lipinski definition) is 5. The van der Waals surface area contributed by atoms with E-state index < -0.39 is 5.97 Å². The van der Waals surface area contributed by atoms with Crippen molar-refractivity contribution in [1.29, 1.82) is 0 Å². The van der Waals surface area contributed by atoms with Gasteiger partial charge in [-0.05, 0) is 25.2 Å². The zero-order valence-corrected chi connectivity index (χ0v) is 12.4. The largest absolute Gasteiger partial charge is 0.476 e. The van der Waals surface area contributed by atoms with E-state index in [0.717, 1.165) is 13.0 Å². The van der Waals surface area contributed by atoms with Crippen molar-refractivity contribution in [2.24, 2.45) is 5.92 Å². The van der Waals surface area contributed by atoms with Gasteiger partial charge in [0.05, 0.1) is 24.0 Å². The van der Waals surface area contributed by atoms with E-state index in [-0.39, 0.29) is 23.8 Å². The van der Waals surface area contributed by atoms with Crippen LogP contribution in [0.25, 0.3) is 0 Å². The summed E-state index contributed by atoms with van der Waals surface area (Å²) in [7, 11) is 0. The van der Waals surface area contributed by atoms with Crippen LogP contribution in [0.5, 0.6) is 0 Å². The lowest BCUT2D eigenvalue weighted by Gasteiger charge is -2.21. The van der Waals surface area contributed by atoms with Gasteiger partial charge in [0.2, 0.25) is 0 Å². The van der Waals surface area contributed by atoms with Crippen molar-refractivity contribution in [2.45, 2.75) is 51.2 Å². The van der Waals surface area contributed by atoms with E-state index in [1.54, 1.807) is 6.20 Å². The number of nitrogens with one attached hydrogen (secondary N) is 1. The molecule has 6 nitrogen and oxygen atoms in total. The molecule has 2 unspecified atom stereocenters. The number of aromatic nitrogens is 2. The highest BCUT2D eigenvalue weighted by molar-refractivity contribution is 5.91. The Balaban J connectivity index is 1.82. The molecule has 1 aliphatic heterocycles. The number of rotatable bonds is 5. The molecule has 1 saturated carbocycles. The zero-order chi connectivity index (χ0) is 15.0. The fourth-order valence-electron chi connectivity index (χ4n) is 2.80. The molecule has 1 aromatic rings. The third-order valence-corrected chi connectivity index (χ3v) is 4.09. The number of nitrogens with zero attached hydrogens (tertiary/aromatic N) is 2. The third-order valence-electron chi connectivity index (χ3n) is 4.09. The van der Waals surface area contributed by atoms with Gasteiger partial charge < -0.3 is 15.2 Å². The second-order valence-corrected chi connectivity index (χ2v) is 6.16. The van der Waals surface area contributed by atoms with Gasteiger partial charge in [0.25, 0.3) is 0 Å². The molecule has 0 spiro atoms. The fourth-order valence-corrected chi connectivity index (χ4v) is 2.80. The topological polar surface area (TPSA) is 84.3 Å². The molecular weight excluding hydrogens is 270 g/mol. The van der Waals surface area contributed by atoms with Gasteiger partial charge in [-0.1, -0.05) is 13.8 Å². The summed E-state index contributed by atoms with van der Waals surface area (Å²) in [6, 6.07) is 0.157. The molecular formula is C15H21N3O3. The molecule has 1 saturated heterocycles. The maximum atomic E-state index is 11.4. The van der Waals surface area contributed by atoms with Crippen molar-refractivity contribution in [3.05, 3.63) is 17.7 Å². The van der Waals surface area contributed by atoms with Crippen molar-refractivity contribution in [3.63, 3.8) is 0 Å². The van der Waals surface area contributed by atoms with E-state index in [4.69, 9.17) is 4.74 Å². The molecule has 0 amide bonds.